The van der Waals surface area contributed by atoms with Crippen LogP contribution in [0.5, 0.6) is 0 Å². The molecule has 0 saturated heterocycles. The van der Waals surface area contributed by atoms with Crippen LogP contribution in [0.4, 0.5) is 4.39 Å². The predicted octanol–water partition coefficient (Wildman–Crippen LogP) is 4.27. The molecule has 4 heteroatoms. The van der Waals surface area contributed by atoms with Crippen molar-refractivity contribution in [2.45, 2.75) is 23.6 Å². The second-order valence-electron chi connectivity index (χ2n) is 4.79. The van der Waals surface area contributed by atoms with Gasteiger partial charge in [-0.2, -0.15) is 5.26 Å². The highest BCUT2D eigenvalue weighted by Crippen LogP contribution is 2.26. The minimum Gasteiger partial charge on any atom is -0.313 e. The highest BCUT2D eigenvalue weighted by atomic mass is 32.2. The van der Waals surface area contributed by atoms with Crippen LogP contribution in [0.1, 0.15) is 29.7 Å². The lowest BCUT2D eigenvalue weighted by Crippen LogP contribution is -2.11. The van der Waals surface area contributed by atoms with Gasteiger partial charge in [-0.05, 0) is 55.4 Å². The van der Waals surface area contributed by atoms with Crippen LogP contribution >= 0.6 is 11.8 Å². The zero-order chi connectivity index (χ0) is 15.2. The minimum atomic E-state index is -0.262. The zero-order valence-corrected chi connectivity index (χ0v) is 12.9. The predicted molar refractivity (Wildman–Crippen MR) is 84.6 cm³/mol. The van der Waals surface area contributed by atoms with Crippen molar-refractivity contribution in [3.63, 3.8) is 0 Å². The lowest BCUT2D eigenvalue weighted by molar-refractivity contribution is 0.617. The van der Waals surface area contributed by atoms with E-state index in [-0.39, 0.29) is 5.82 Å². The van der Waals surface area contributed by atoms with Crippen LogP contribution in [0.2, 0.25) is 0 Å². The summed E-state index contributed by atoms with van der Waals surface area (Å²) >= 11 is 1.57. The van der Waals surface area contributed by atoms with Crippen LogP contribution < -0.4 is 5.32 Å². The number of nitrogens with one attached hydrogen (secondary N) is 1. The van der Waals surface area contributed by atoms with E-state index in [0.717, 1.165) is 4.90 Å². The Morgan fingerprint density at radius 2 is 1.95 bits per heavy atom. The summed E-state index contributed by atoms with van der Waals surface area (Å²) in [6, 6.07) is 15.0. The van der Waals surface area contributed by atoms with E-state index in [4.69, 9.17) is 5.26 Å². The fourth-order valence-electron chi connectivity index (χ4n) is 1.94. The van der Waals surface area contributed by atoms with Crippen molar-refractivity contribution in [3.8, 4) is 6.07 Å². The largest absolute Gasteiger partial charge is 0.313 e. The second-order valence-corrected chi connectivity index (χ2v) is 5.83. The van der Waals surface area contributed by atoms with Crippen molar-refractivity contribution in [2.24, 2.45) is 0 Å². The molecule has 0 amide bonds. The van der Waals surface area contributed by atoms with Gasteiger partial charge in [-0.25, -0.2) is 4.39 Å². The molecule has 0 heterocycles. The third-order valence-corrected chi connectivity index (χ3v) is 4.44. The number of rotatable bonds is 5. The lowest BCUT2D eigenvalue weighted by atomic mass is 10.1. The van der Waals surface area contributed by atoms with E-state index in [1.54, 1.807) is 17.8 Å². The Hall–Kier alpha value is -1.83. The molecule has 0 saturated carbocycles. The second kappa shape index (κ2) is 7.26. The Morgan fingerprint density at radius 3 is 2.57 bits per heavy atom. The molecule has 1 N–H and O–H groups in total. The summed E-state index contributed by atoms with van der Waals surface area (Å²) in [5.41, 5.74) is 2.27. The van der Waals surface area contributed by atoms with Crippen molar-refractivity contribution in [1.82, 2.24) is 5.32 Å². The van der Waals surface area contributed by atoms with E-state index in [9.17, 15) is 4.39 Å². The van der Waals surface area contributed by atoms with Crippen molar-refractivity contribution in [3.05, 3.63) is 65.0 Å². The maximum absolute atomic E-state index is 13.7. The molecule has 1 atom stereocenters. The van der Waals surface area contributed by atoms with Gasteiger partial charge in [-0.3, -0.25) is 0 Å². The molecule has 0 spiro atoms. The third-order valence-electron chi connectivity index (χ3n) is 3.38. The smallest absolute Gasteiger partial charge is 0.127 e. The van der Waals surface area contributed by atoms with Gasteiger partial charge >= 0.3 is 0 Å². The van der Waals surface area contributed by atoms with E-state index >= 15 is 0 Å². The van der Waals surface area contributed by atoms with E-state index in [1.807, 2.05) is 25.2 Å². The Morgan fingerprint density at radius 1 is 1.24 bits per heavy atom. The summed E-state index contributed by atoms with van der Waals surface area (Å²) in [6.45, 7) is 2.10. The Balaban J connectivity index is 2.05. The van der Waals surface area contributed by atoms with Gasteiger partial charge in [0.25, 0.3) is 0 Å². The van der Waals surface area contributed by atoms with Crippen LogP contribution in [0.15, 0.2) is 47.4 Å². The molecule has 2 rings (SSSR count). The number of hydrogen-bond donors (Lipinski definition) is 1. The van der Waals surface area contributed by atoms with Crippen LogP contribution in [0.3, 0.4) is 0 Å². The van der Waals surface area contributed by atoms with Crippen molar-refractivity contribution in [1.29, 1.82) is 5.26 Å². The number of nitrogens with zero attached hydrogens (tertiary/aromatic N) is 1. The molecule has 0 bridgehead atoms. The van der Waals surface area contributed by atoms with Crippen LogP contribution in [0, 0.1) is 17.1 Å². The van der Waals surface area contributed by atoms with Crippen molar-refractivity contribution >= 4 is 11.8 Å². The van der Waals surface area contributed by atoms with Gasteiger partial charge in [0.2, 0.25) is 0 Å². The Bertz CT molecular complexity index is 647. The highest BCUT2D eigenvalue weighted by molar-refractivity contribution is 7.98. The normalized spacial score (nSPS) is 11.9. The maximum Gasteiger partial charge on any atom is 0.127 e. The van der Waals surface area contributed by atoms with Gasteiger partial charge in [-0.15, -0.1) is 11.8 Å². The van der Waals surface area contributed by atoms with Gasteiger partial charge in [0, 0.05) is 16.7 Å². The standard InChI is InChI=1S/C17H17FN2S/c1-12(20-2)14-4-6-16(7-5-14)21-11-15-9-13(10-19)3-8-17(15)18/h3-9,12,20H,11H2,1-2H3. The van der Waals surface area contributed by atoms with E-state index in [2.05, 4.69) is 24.4 Å². The number of halogens is 1. The first-order chi connectivity index (χ1) is 10.1. The fourth-order valence-corrected chi connectivity index (χ4v) is 2.81. The maximum atomic E-state index is 13.7. The summed E-state index contributed by atoms with van der Waals surface area (Å²) in [5, 5.41) is 12.1. The summed E-state index contributed by atoms with van der Waals surface area (Å²) in [6.07, 6.45) is 0. The van der Waals surface area contributed by atoms with Gasteiger partial charge in [-0.1, -0.05) is 12.1 Å². The average Bonchev–Trinajstić information content (AvgIpc) is 2.54. The fraction of sp³-hybridized carbons (Fsp3) is 0.235. The molecule has 1 unspecified atom stereocenters. The molecule has 2 aromatic carbocycles. The molecule has 21 heavy (non-hydrogen) atoms. The molecule has 2 nitrogen and oxygen atoms in total. The SMILES string of the molecule is CNC(C)c1ccc(SCc2cc(C#N)ccc2F)cc1. The molecule has 108 valence electrons. The van der Waals surface area contributed by atoms with Crippen LogP contribution in [-0.4, -0.2) is 7.05 Å². The average molecular weight is 300 g/mol. The Labute approximate surface area is 129 Å². The number of hydrogen-bond acceptors (Lipinski definition) is 3. The molecule has 0 fully saturated rings. The van der Waals surface area contributed by atoms with Crippen molar-refractivity contribution in [2.75, 3.05) is 7.05 Å². The zero-order valence-electron chi connectivity index (χ0n) is 12.1. The first-order valence-electron chi connectivity index (χ1n) is 6.72. The third kappa shape index (κ3) is 4.07. The molecule has 2 aromatic rings. The van der Waals surface area contributed by atoms with Gasteiger partial charge in [0.1, 0.15) is 5.82 Å². The number of thioether (sulfide) groups is 1. The monoisotopic (exact) mass is 300 g/mol. The lowest BCUT2D eigenvalue weighted by Gasteiger charge is -2.11. The summed E-state index contributed by atoms with van der Waals surface area (Å²) in [7, 11) is 1.93. The first-order valence-corrected chi connectivity index (χ1v) is 7.71. The van der Waals surface area contributed by atoms with Gasteiger partial charge in [0.05, 0.1) is 11.6 Å². The minimum absolute atomic E-state index is 0.262. The number of nitriles is 1. The summed E-state index contributed by atoms with van der Waals surface area (Å²) < 4.78 is 13.7. The van der Waals surface area contributed by atoms with Gasteiger partial charge < -0.3 is 5.32 Å². The Kier molecular flexibility index (Phi) is 5.38. The first kappa shape index (κ1) is 15.6. The van der Waals surface area contributed by atoms with Crippen molar-refractivity contribution < 1.29 is 4.39 Å². The highest BCUT2D eigenvalue weighted by Gasteiger charge is 2.06. The molecule has 0 aromatic heterocycles. The quantitative estimate of drug-likeness (QED) is 0.838. The molecular weight excluding hydrogens is 283 g/mol. The van der Waals surface area contributed by atoms with E-state index in [0.29, 0.717) is 22.9 Å². The molecule has 0 aliphatic carbocycles. The molecule has 0 radical (unpaired) electrons. The topological polar surface area (TPSA) is 35.8 Å². The van der Waals surface area contributed by atoms with Crippen LogP contribution in [0.25, 0.3) is 0 Å². The van der Waals surface area contributed by atoms with Gasteiger partial charge in [0.15, 0.2) is 0 Å². The molecule has 0 aliphatic heterocycles. The van der Waals surface area contributed by atoms with E-state index < -0.39 is 0 Å². The summed E-state index contributed by atoms with van der Waals surface area (Å²) in [4.78, 5) is 1.09. The summed E-state index contributed by atoms with van der Waals surface area (Å²) in [5.74, 6) is 0.254. The molecule has 0 aliphatic rings. The van der Waals surface area contributed by atoms with Crippen LogP contribution in [-0.2, 0) is 5.75 Å². The molecular formula is C17H17FN2S. The van der Waals surface area contributed by atoms with E-state index in [1.165, 1.54) is 17.7 Å². The number of benzene rings is 2.